The van der Waals surface area contributed by atoms with Crippen molar-refractivity contribution in [3.05, 3.63) is 95.9 Å². The molecule has 7 nitrogen and oxygen atoms in total. The van der Waals surface area contributed by atoms with Gasteiger partial charge in [0.25, 0.3) is 0 Å². The fourth-order valence-corrected chi connectivity index (χ4v) is 4.18. The minimum Gasteiger partial charge on any atom is -0.384 e. The van der Waals surface area contributed by atoms with Gasteiger partial charge in [-0.25, -0.2) is 14.8 Å². The molecule has 11 heteroatoms. The molecule has 0 fully saturated rings. The van der Waals surface area contributed by atoms with Gasteiger partial charge in [-0.3, -0.25) is 0 Å². The molecule has 37 heavy (non-hydrogen) atoms. The van der Waals surface area contributed by atoms with E-state index in [9.17, 15) is 18.0 Å². The molecule has 0 saturated heterocycles. The maximum atomic E-state index is 12.9. The van der Waals surface area contributed by atoms with Crippen LogP contribution in [0.4, 0.5) is 35.2 Å². The summed E-state index contributed by atoms with van der Waals surface area (Å²) < 4.78 is 40.6. The number of aromatic nitrogens is 3. The van der Waals surface area contributed by atoms with Crippen molar-refractivity contribution in [3.63, 3.8) is 0 Å². The molecule has 2 amide bonds. The number of alkyl halides is 3. The molecule has 0 spiro atoms. The Hall–Kier alpha value is -4.57. The lowest BCUT2D eigenvalue weighted by molar-refractivity contribution is -0.137. The number of halogens is 4. The molecule has 186 valence electrons. The van der Waals surface area contributed by atoms with Gasteiger partial charge in [0.2, 0.25) is 0 Å². The van der Waals surface area contributed by atoms with Crippen molar-refractivity contribution >= 4 is 45.7 Å². The van der Waals surface area contributed by atoms with Gasteiger partial charge >= 0.3 is 12.2 Å². The van der Waals surface area contributed by atoms with Crippen molar-refractivity contribution in [1.29, 1.82) is 0 Å². The highest BCUT2D eigenvalue weighted by Gasteiger charge is 2.33. The van der Waals surface area contributed by atoms with Crippen molar-refractivity contribution in [2.24, 2.45) is 0 Å². The minimum atomic E-state index is -4.58. The lowest BCUT2D eigenvalue weighted by Gasteiger charge is -2.12. The first-order valence-corrected chi connectivity index (χ1v) is 11.3. The maximum Gasteiger partial charge on any atom is 0.417 e. The molecular formula is C26H18ClF3N6O. The molecule has 5 aromatic rings. The Morgan fingerprint density at radius 1 is 0.892 bits per heavy atom. The van der Waals surface area contributed by atoms with E-state index in [-0.39, 0.29) is 5.69 Å². The number of nitrogens with zero attached hydrogens (tertiary/aromatic N) is 3. The predicted octanol–water partition coefficient (Wildman–Crippen LogP) is 6.99. The topological polar surface area (TPSA) is 97.9 Å². The highest BCUT2D eigenvalue weighted by Crippen LogP contribution is 2.36. The molecule has 5 rings (SSSR count). The second kappa shape index (κ2) is 9.47. The van der Waals surface area contributed by atoms with Crippen molar-refractivity contribution in [2.45, 2.75) is 6.18 Å². The number of fused-ring (bicyclic) bond motifs is 1. The first-order chi connectivity index (χ1) is 17.7. The third kappa shape index (κ3) is 5.19. The smallest absolute Gasteiger partial charge is 0.384 e. The Kier molecular flexibility index (Phi) is 6.18. The SMILES string of the molecule is Nc1cc(-n2ccc3ccc(-c4cccc(NC(=O)Nc5ccc(C(F)(F)F)c(Cl)c5)c4)cc32)ncn1. The number of carbonyl (C=O) groups is 1. The highest BCUT2D eigenvalue weighted by molar-refractivity contribution is 6.31. The van der Waals surface area contributed by atoms with Gasteiger partial charge in [-0.05, 0) is 53.6 Å². The summed E-state index contributed by atoms with van der Waals surface area (Å²) in [6.45, 7) is 0. The molecular weight excluding hydrogens is 505 g/mol. The molecule has 0 aliphatic heterocycles. The molecule has 3 aromatic carbocycles. The average molecular weight is 523 g/mol. The van der Waals surface area contributed by atoms with Crippen LogP contribution >= 0.6 is 11.6 Å². The molecule has 0 unspecified atom stereocenters. The highest BCUT2D eigenvalue weighted by atomic mass is 35.5. The number of amides is 2. The summed E-state index contributed by atoms with van der Waals surface area (Å²) in [7, 11) is 0. The standard InChI is InChI=1S/C26H18ClF3N6O/c27-21-12-19(6-7-20(21)26(28,29)30)35-25(37)34-18-3-1-2-16(10-18)17-5-4-15-8-9-36(22(15)11-17)24-13-23(31)32-14-33-24/h1-14H,(H2,31,32,33)(H2,34,35,37). The van der Waals surface area contributed by atoms with Crippen molar-refractivity contribution in [2.75, 3.05) is 16.4 Å². The second-order valence-corrected chi connectivity index (χ2v) is 8.52. The number of benzene rings is 3. The summed E-state index contributed by atoms with van der Waals surface area (Å²) in [5, 5.41) is 5.68. The van der Waals surface area contributed by atoms with Crippen LogP contribution in [0.3, 0.4) is 0 Å². The Labute approximate surface area is 213 Å². The molecule has 0 aliphatic carbocycles. The number of nitrogens with two attached hydrogens (primary N) is 1. The van der Waals surface area contributed by atoms with Crippen LogP contribution in [0.1, 0.15) is 5.56 Å². The normalized spacial score (nSPS) is 11.5. The zero-order chi connectivity index (χ0) is 26.2. The van der Waals surface area contributed by atoms with Crippen LogP contribution in [0.2, 0.25) is 5.02 Å². The quantitative estimate of drug-likeness (QED) is 0.237. The first-order valence-electron chi connectivity index (χ1n) is 10.9. The second-order valence-electron chi connectivity index (χ2n) is 8.11. The van der Waals surface area contributed by atoms with E-state index in [1.807, 2.05) is 41.1 Å². The minimum absolute atomic E-state index is 0.128. The summed E-state index contributed by atoms with van der Waals surface area (Å²) in [5.74, 6) is 0.994. The van der Waals surface area contributed by atoms with Crippen LogP contribution in [0.5, 0.6) is 0 Å². The van der Waals surface area contributed by atoms with Crippen LogP contribution in [-0.4, -0.2) is 20.6 Å². The first kappa shape index (κ1) is 24.1. The van der Waals surface area contributed by atoms with E-state index in [0.29, 0.717) is 17.3 Å². The lowest BCUT2D eigenvalue weighted by Crippen LogP contribution is -2.19. The Morgan fingerprint density at radius 2 is 1.65 bits per heavy atom. The summed E-state index contributed by atoms with van der Waals surface area (Å²) >= 11 is 5.73. The Morgan fingerprint density at radius 3 is 2.38 bits per heavy atom. The molecule has 4 N–H and O–H groups in total. The number of urea groups is 1. The third-order valence-corrected chi connectivity index (χ3v) is 5.91. The van der Waals surface area contributed by atoms with E-state index >= 15 is 0 Å². The van der Waals surface area contributed by atoms with Crippen molar-refractivity contribution < 1.29 is 18.0 Å². The number of nitrogen functional groups attached to an aromatic ring is 1. The summed E-state index contributed by atoms with van der Waals surface area (Å²) in [6.07, 6.45) is -1.28. The molecule has 2 aromatic heterocycles. The van der Waals surface area contributed by atoms with Crippen LogP contribution in [-0.2, 0) is 6.18 Å². The van der Waals surface area contributed by atoms with Crippen molar-refractivity contribution in [1.82, 2.24) is 14.5 Å². The molecule has 0 radical (unpaired) electrons. The van der Waals surface area contributed by atoms with Gasteiger partial charge in [0.15, 0.2) is 0 Å². The van der Waals surface area contributed by atoms with E-state index in [1.54, 1.807) is 24.3 Å². The van der Waals surface area contributed by atoms with Crippen LogP contribution in [0, 0.1) is 0 Å². The average Bonchev–Trinajstić information content (AvgIpc) is 3.27. The Balaban J connectivity index is 1.36. The number of hydrogen-bond donors (Lipinski definition) is 3. The van der Waals surface area contributed by atoms with E-state index < -0.39 is 22.8 Å². The number of anilines is 3. The number of nitrogens with one attached hydrogen (secondary N) is 2. The molecule has 0 atom stereocenters. The Bertz CT molecular complexity index is 1630. The van der Waals surface area contributed by atoms with E-state index in [2.05, 4.69) is 20.6 Å². The monoisotopic (exact) mass is 522 g/mol. The van der Waals surface area contributed by atoms with Crippen LogP contribution < -0.4 is 16.4 Å². The van der Waals surface area contributed by atoms with Gasteiger partial charge in [-0.15, -0.1) is 0 Å². The maximum absolute atomic E-state index is 12.9. The number of hydrogen-bond acceptors (Lipinski definition) is 4. The van der Waals surface area contributed by atoms with Gasteiger partial charge in [-0.2, -0.15) is 13.2 Å². The van der Waals surface area contributed by atoms with E-state index in [1.165, 1.54) is 6.33 Å². The van der Waals surface area contributed by atoms with Gasteiger partial charge in [0, 0.05) is 29.0 Å². The third-order valence-electron chi connectivity index (χ3n) is 5.60. The van der Waals surface area contributed by atoms with E-state index in [0.717, 1.165) is 40.2 Å². The molecule has 0 saturated carbocycles. The molecule has 0 bridgehead atoms. The number of carbonyl (C=O) groups excluding carboxylic acids is 1. The largest absolute Gasteiger partial charge is 0.417 e. The fraction of sp³-hybridized carbons (Fsp3) is 0.0385. The van der Waals surface area contributed by atoms with Crippen LogP contribution in [0.25, 0.3) is 27.8 Å². The lowest BCUT2D eigenvalue weighted by atomic mass is 10.0. The number of rotatable bonds is 4. The summed E-state index contributed by atoms with van der Waals surface area (Å²) in [4.78, 5) is 20.7. The molecule has 2 heterocycles. The van der Waals surface area contributed by atoms with Gasteiger partial charge < -0.3 is 20.9 Å². The van der Waals surface area contributed by atoms with E-state index in [4.69, 9.17) is 17.3 Å². The van der Waals surface area contributed by atoms with Crippen LogP contribution in [0.15, 0.2) is 85.3 Å². The molecule has 0 aliphatic rings. The van der Waals surface area contributed by atoms with Gasteiger partial charge in [-0.1, -0.05) is 35.9 Å². The van der Waals surface area contributed by atoms with Crippen molar-refractivity contribution in [3.8, 4) is 16.9 Å². The predicted molar refractivity (Wildman–Crippen MR) is 138 cm³/mol. The fourth-order valence-electron chi connectivity index (χ4n) is 3.89. The zero-order valence-electron chi connectivity index (χ0n) is 18.9. The summed E-state index contributed by atoms with van der Waals surface area (Å²) in [6, 6.07) is 19.1. The summed E-state index contributed by atoms with van der Waals surface area (Å²) in [5.41, 5.74) is 8.10. The van der Waals surface area contributed by atoms with Gasteiger partial charge in [0.1, 0.15) is 18.0 Å². The zero-order valence-corrected chi connectivity index (χ0v) is 19.7. The van der Waals surface area contributed by atoms with Gasteiger partial charge in [0.05, 0.1) is 16.1 Å².